The summed E-state index contributed by atoms with van der Waals surface area (Å²) in [6, 6.07) is 1.28. The first-order valence-electron chi connectivity index (χ1n) is 12.5. The number of carbonyl (C=O) groups excluding carboxylic acids is 1. The molecule has 1 aliphatic rings. The van der Waals surface area contributed by atoms with Crippen LogP contribution >= 0.6 is 7.60 Å². The Morgan fingerprint density at radius 3 is 2.11 bits per heavy atom. The van der Waals surface area contributed by atoms with Gasteiger partial charge in [-0.2, -0.15) is 0 Å². The number of hydrogen-bond donors (Lipinski definition) is 0. The average molecular weight is 583 g/mol. The molecular weight excluding hydrogens is 544 g/mol. The SMILES string of the molecule is CCOC(=O)C1(c2cc(F)c(F)c(F)c2)ON=C(CP(=O)(OCC)OCC)N1CCO[Si](C)(C)C(C)(C)C. The topological polar surface area (TPSA) is 95.9 Å². The Hall–Kier alpha value is -1.92. The number of hydrogen-bond acceptors (Lipinski definition) is 9. The summed E-state index contributed by atoms with van der Waals surface area (Å²) >= 11 is 0. The van der Waals surface area contributed by atoms with E-state index in [4.69, 9.17) is 23.0 Å². The number of ether oxygens (including phenoxy) is 1. The summed E-state index contributed by atoms with van der Waals surface area (Å²) in [4.78, 5) is 20.2. The van der Waals surface area contributed by atoms with Crippen LogP contribution in [0, 0.1) is 17.5 Å². The number of carbonyl (C=O) groups is 1. The van der Waals surface area contributed by atoms with Gasteiger partial charge in [-0.15, -0.1) is 0 Å². The molecule has 0 amide bonds. The summed E-state index contributed by atoms with van der Waals surface area (Å²) in [7, 11) is -6.02. The van der Waals surface area contributed by atoms with E-state index in [0.29, 0.717) is 12.1 Å². The molecule has 0 saturated carbocycles. The quantitative estimate of drug-likeness (QED) is 0.126. The van der Waals surface area contributed by atoms with Crippen LogP contribution in [0.5, 0.6) is 0 Å². The molecule has 2 rings (SSSR count). The normalized spacial score (nSPS) is 18.4. The minimum atomic E-state index is -3.76. The molecule has 38 heavy (non-hydrogen) atoms. The largest absolute Gasteiger partial charge is 0.461 e. The summed E-state index contributed by atoms with van der Waals surface area (Å²) in [5.74, 6) is -5.89. The fraction of sp³-hybridized carbons (Fsp3) is 0.667. The smallest absolute Gasteiger partial charge is 0.380 e. The van der Waals surface area contributed by atoms with E-state index in [1.807, 2.05) is 13.1 Å². The zero-order chi connectivity index (χ0) is 28.9. The lowest BCUT2D eigenvalue weighted by Gasteiger charge is -2.39. The van der Waals surface area contributed by atoms with Gasteiger partial charge in [0.2, 0.25) is 0 Å². The Morgan fingerprint density at radius 2 is 1.63 bits per heavy atom. The lowest BCUT2D eigenvalue weighted by Crippen LogP contribution is -2.55. The van der Waals surface area contributed by atoms with Crippen molar-refractivity contribution in [2.24, 2.45) is 5.16 Å². The van der Waals surface area contributed by atoms with Crippen LogP contribution in [-0.2, 0) is 38.1 Å². The van der Waals surface area contributed by atoms with Crippen LogP contribution in [0.2, 0.25) is 18.1 Å². The fourth-order valence-corrected chi connectivity index (χ4v) is 6.21. The maximum absolute atomic E-state index is 14.4. The van der Waals surface area contributed by atoms with Crippen LogP contribution in [0.1, 0.15) is 47.1 Å². The van der Waals surface area contributed by atoms with Crippen LogP contribution in [0.25, 0.3) is 0 Å². The van der Waals surface area contributed by atoms with Gasteiger partial charge in [0.1, 0.15) is 6.16 Å². The zero-order valence-electron chi connectivity index (χ0n) is 23.2. The van der Waals surface area contributed by atoms with Crippen LogP contribution in [0.4, 0.5) is 13.2 Å². The molecule has 1 aromatic rings. The monoisotopic (exact) mass is 582 g/mol. The molecule has 0 radical (unpaired) electrons. The Balaban J connectivity index is 2.62. The zero-order valence-corrected chi connectivity index (χ0v) is 25.1. The van der Waals surface area contributed by atoms with Crippen molar-refractivity contribution in [3.05, 3.63) is 35.1 Å². The van der Waals surface area contributed by atoms with Crippen molar-refractivity contribution in [2.75, 3.05) is 39.1 Å². The van der Waals surface area contributed by atoms with Crippen LogP contribution in [-0.4, -0.2) is 64.2 Å². The maximum atomic E-state index is 14.4. The Morgan fingerprint density at radius 1 is 1.08 bits per heavy atom. The molecule has 0 fully saturated rings. The van der Waals surface area contributed by atoms with Crippen LogP contribution in [0.3, 0.4) is 0 Å². The van der Waals surface area contributed by atoms with Crippen molar-refractivity contribution in [1.82, 2.24) is 4.90 Å². The molecule has 0 saturated heterocycles. The third-order valence-electron chi connectivity index (χ3n) is 6.47. The third kappa shape index (κ3) is 6.79. The molecule has 0 bridgehead atoms. The van der Waals surface area contributed by atoms with Crippen molar-refractivity contribution >= 4 is 27.7 Å². The highest BCUT2D eigenvalue weighted by atomic mass is 31.2. The number of benzene rings is 1. The Bertz CT molecular complexity index is 1050. The van der Waals surface area contributed by atoms with E-state index in [-0.39, 0.29) is 43.8 Å². The number of amidine groups is 1. The fourth-order valence-electron chi connectivity index (χ4n) is 3.56. The predicted octanol–water partition coefficient (Wildman–Crippen LogP) is 5.75. The molecule has 0 aliphatic carbocycles. The number of oxime groups is 1. The minimum absolute atomic E-state index is 0.0488. The first-order chi connectivity index (χ1) is 17.6. The van der Waals surface area contributed by atoms with Crippen LogP contribution in [0.15, 0.2) is 17.3 Å². The third-order valence-corrected chi connectivity index (χ3v) is 13.0. The number of halogens is 3. The van der Waals surface area contributed by atoms with Gasteiger partial charge in [-0.3, -0.25) is 4.57 Å². The average Bonchev–Trinajstić information content (AvgIpc) is 3.15. The van der Waals surface area contributed by atoms with Crippen molar-refractivity contribution in [3.8, 4) is 0 Å². The summed E-state index contributed by atoms with van der Waals surface area (Å²) in [5.41, 5.74) is -2.75. The van der Waals surface area contributed by atoms with Gasteiger partial charge in [0.25, 0.3) is 0 Å². The summed E-state index contributed by atoms with van der Waals surface area (Å²) in [6.45, 7) is 15.0. The van der Waals surface area contributed by atoms with Gasteiger partial charge in [-0.05, 0) is 51.0 Å². The molecule has 1 aliphatic heterocycles. The molecule has 9 nitrogen and oxygen atoms in total. The molecule has 1 heterocycles. The first kappa shape index (κ1) is 32.3. The molecule has 1 aromatic carbocycles. The lowest BCUT2D eigenvalue weighted by molar-refractivity contribution is -0.189. The van der Waals surface area contributed by atoms with E-state index in [1.54, 1.807) is 13.8 Å². The Labute approximate surface area is 223 Å². The van der Waals surface area contributed by atoms with E-state index in [1.165, 1.54) is 11.8 Å². The molecule has 1 atom stereocenters. The number of rotatable bonds is 13. The molecule has 1 unspecified atom stereocenters. The van der Waals surface area contributed by atoms with Gasteiger partial charge >= 0.3 is 19.3 Å². The van der Waals surface area contributed by atoms with Gasteiger partial charge in [0.05, 0.1) is 26.4 Å². The highest BCUT2D eigenvalue weighted by Gasteiger charge is 2.57. The van der Waals surface area contributed by atoms with Gasteiger partial charge < -0.3 is 27.9 Å². The summed E-state index contributed by atoms with van der Waals surface area (Å²) in [5, 5.41) is 3.84. The molecule has 0 N–H and O–H groups in total. The van der Waals surface area contributed by atoms with Crippen molar-refractivity contribution < 1.29 is 45.6 Å². The summed E-state index contributed by atoms with van der Waals surface area (Å²) in [6.07, 6.45) is -0.415. The first-order valence-corrected chi connectivity index (χ1v) is 17.1. The standard InChI is InChI=1S/C24H38F3N2O7PSi/c1-9-32-22(30)24(17-14-18(25)21(27)19(26)15-17)29(12-13-35-38(7,8)23(4,5)6)20(28-36-24)16-37(31,33-10-2)34-11-3/h14-15H,9-13,16H2,1-8H3. The second kappa shape index (κ2) is 12.5. The van der Waals surface area contributed by atoms with Gasteiger partial charge in [-0.25, -0.2) is 18.0 Å². The second-order valence-electron chi connectivity index (χ2n) is 10.1. The second-order valence-corrected chi connectivity index (χ2v) is 16.9. The van der Waals surface area contributed by atoms with Crippen LogP contribution < -0.4 is 0 Å². The van der Waals surface area contributed by atoms with E-state index in [9.17, 15) is 22.5 Å². The molecule has 14 heteroatoms. The lowest BCUT2D eigenvalue weighted by atomic mass is 10.00. The van der Waals surface area contributed by atoms with E-state index < -0.39 is 56.8 Å². The maximum Gasteiger partial charge on any atom is 0.380 e. The number of nitrogens with zero attached hydrogens (tertiary/aromatic N) is 2. The molecule has 0 spiro atoms. The highest BCUT2D eigenvalue weighted by molar-refractivity contribution is 7.54. The highest BCUT2D eigenvalue weighted by Crippen LogP contribution is 2.50. The minimum Gasteiger partial charge on any atom is -0.461 e. The van der Waals surface area contributed by atoms with Gasteiger partial charge in [0.15, 0.2) is 31.6 Å². The predicted molar refractivity (Wildman–Crippen MR) is 139 cm³/mol. The van der Waals surface area contributed by atoms with Gasteiger partial charge in [-0.1, -0.05) is 25.9 Å². The van der Waals surface area contributed by atoms with Crippen molar-refractivity contribution in [1.29, 1.82) is 0 Å². The molecular formula is C24H38F3N2O7PSi. The number of esters is 1. The van der Waals surface area contributed by atoms with E-state index in [2.05, 4.69) is 25.9 Å². The van der Waals surface area contributed by atoms with E-state index >= 15 is 0 Å². The summed E-state index contributed by atoms with van der Waals surface area (Å²) < 4.78 is 78.2. The van der Waals surface area contributed by atoms with E-state index in [0.717, 1.165) is 0 Å². The Kier molecular flexibility index (Phi) is 10.6. The van der Waals surface area contributed by atoms with Gasteiger partial charge in [0, 0.05) is 12.1 Å². The molecule has 0 aromatic heterocycles. The van der Waals surface area contributed by atoms with Crippen molar-refractivity contribution in [3.63, 3.8) is 0 Å². The van der Waals surface area contributed by atoms with Crippen molar-refractivity contribution in [2.45, 2.75) is 65.4 Å². The molecule has 216 valence electrons.